The lowest BCUT2D eigenvalue weighted by Gasteiger charge is -2.22. The number of amides is 1. The highest BCUT2D eigenvalue weighted by Crippen LogP contribution is 2.21. The molecule has 1 aromatic rings. The van der Waals surface area contributed by atoms with Crippen LogP contribution in [0, 0.1) is 5.82 Å². The molecule has 104 valence electrons. The highest BCUT2D eigenvalue weighted by molar-refractivity contribution is 9.10. The molecule has 5 nitrogen and oxygen atoms in total. The van der Waals surface area contributed by atoms with Gasteiger partial charge in [0.1, 0.15) is 5.82 Å². The van der Waals surface area contributed by atoms with Crippen LogP contribution in [0.15, 0.2) is 27.8 Å². The number of benzene rings is 1. The molecule has 1 aromatic carbocycles. The molecular formula is C12H15BrFN3O2. The van der Waals surface area contributed by atoms with Crippen LogP contribution >= 0.6 is 15.9 Å². The molecule has 1 amide bonds. The molecule has 0 aliphatic rings. The lowest BCUT2D eigenvalue weighted by Crippen LogP contribution is -2.39. The second-order valence-corrected chi connectivity index (χ2v) is 4.71. The van der Waals surface area contributed by atoms with Gasteiger partial charge in [0, 0.05) is 6.54 Å². The van der Waals surface area contributed by atoms with E-state index >= 15 is 0 Å². The molecule has 0 aliphatic carbocycles. The predicted molar refractivity (Wildman–Crippen MR) is 73.7 cm³/mol. The first kappa shape index (κ1) is 15.4. The van der Waals surface area contributed by atoms with Crippen molar-refractivity contribution in [2.75, 3.05) is 13.1 Å². The average Bonchev–Trinajstić information content (AvgIpc) is 2.40. The highest BCUT2D eigenvalue weighted by Gasteiger charge is 2.20. The fourth-order valence-corrected chi connectivity index (χ4v) is 2.02. The van der Waals surface area contributed by atoms with Gasteiger partial charge in [-0.05, 0) is 34.5 Å². The minimum absolute atomic E-state index is 0.00781. The summed E-state index contributed by atoms with van der Waals surface area (Å²) in [6.07, 6.45) is 0.706. The van der Waals surface area contributed by atoms with Crippen LogP contribution in [0.3, 0.4) is 0 Å². The molecular weight excluding hydrogens is 317 g/mol. The first-order valence-corrected chi connectivity index (χ1v) is 6.50. The van der Waals surface area contributed by atoms with Crippen molar-refractivity contribution < 1.29 is 14.4 Å². The number of rotatable bonds is 5. The number of nitrogens with zero attached hydrogens (tertiary/aromatic N) is 2. The molecule has 0 atom stereocenters. The Kier molecular flexibility index (Phi) is 5.75. The summed E-state index contributed by atoms with van der Waals surface area (Å²) in [4.78, 5) is 13.7. The van der Waals surface area contributed by atoms with Gasteiger partial charge >= 0.3 is 0 Å². The van der Waals surface area contributed by atoms with Crippen LogP contribution < -0.4 is 5.73 Å². The minimum atomic E-state index is -0.508. The molecule has 0 saturated heterocycles. The van der Waals surface area contributed by atoms with Gasteiger partial charge in [0.15, 0.2) is 5.84 Å². The second-order valence-electron chi connectivity index (χ2n) is 3.92. The molecule has 0 spiro atoms. The Hall–Kier alpha value is -1.63. The number of amidine groups is 1. The Morgan fingerprint density at radius 2 is 2.26 bits per heavy atom. The summed E-state index contributed by atoms with van der Waals surface area (Å²) in [7, 11) is 0. The summed E-state index contributed by atoms with van der Waals surface area (Å²) in [6.45, 7) is 2.32. The van der Waals surface area contributed by atoms with Gasteiger partial charge < -0.3 is 15.8 Å². The highest BCUT2D eigenvalue weighted by atomic mass is 79.9. The van der Waals surface area contributed by atoms with E-state index in [4.69, 9.17) is 10.9 Å². The first-order valence-electron chi connectivity index (χ1n) is 5.71. The van der Waals surface area contributed by atoms with Crippen molar-refractivity contribution in [1.82, 2.24) is 4.90 Å². The normalized spacial score (nSPS) is 11.4. The third-order valence-corrected chi connectivity index (χ3v) is 3.25. The van der Waals surface area contributed by atoms with E-state index in [0.29, 0.717) is 13.0 Å². The van der Waals surface area contributed by atoms with Gasteiger partial charge in [0.25, 0.3) is 5.91 Å². The largest absolute Gasteiger partial charge is 0.409 e. The van der Waals surface area contributed by atoms with Crippen LogP contribution in [0.4, 0.5) is 4.39 Å². The third-order valence-electron chi connectivity index (χ3n) is 2.44. The number of hydrogen-bond donors (Lipinski definition) is 2. The molecule has 0 radical (unpaired) electrons. The number of hydrogen-bond acceptors (Lipinski definition) is 3. The van der Waals surface area contributed by atoms with E-state index in [9.17, 15) is 9.18 Å². The third kappa shape index (κ3) is 3.92. The standard InChI is InChI=1S/C12H15BrFN3O2/c1-2-6-17(7-10(15)16-19)12(18)8-4-3-5-9(14)11(8)13/h3-5,19H,2,6-7H2,1H3,(H2,15,16). The average molecular weight is 332 g/mol. The monoisotopic (exact) mass is 331 g/mol. The molecule has 0 fully saturated rings. The maximum Gasteiger partial charge on any atom is 0.255 e. The molecule has 0 unspecified atom stereocenters. The van der Waals surface area contributed by atoms with Crippen LogP contribution in [-0.2, 0) is 0 Å². The van der Waals surface area contributed by atoms with Crippen molar-refractivity contribution in [2.45, 2.75) is 13.3 Å². The number of carbonyl (C=O) groups excluding carboxylic acids is 1. The summed E-state index contributed by atoms with van der Waals surface area (Å²) >= 11 is 3.05. The van der Waals surface area contributed by atoms with Crippen LogP contribution in [0.2, 0.25) is 0 Å². The number of carbonyl (C=O) groups is 1. The zero-order valence-electron chi connectivity index (χ0n) is 10.4. The molecule has 0 heterocycles. The van der Waals surface area contributed by atoms with E-state index in [0.717, 1.165) is 0 Å². The summed E-state index contributed by atoms with van der Waals surface area (Å²) < 4.78 is 13.5. The molecule has 7 heteroatoms. The zero-order chi connectivity index (χ0) is 14.4. The number of halogens is 2. The topological polar surface area (TPSA) is 78.9 Å². The lowest BCUT2D eigenvalue weighted by molar-refractivity contribution is 0.0776. The van der Waals surface area contributed by atoms with Gasteiger partial charge in [-0.15, -0.1) is 0 Å². The maximum absolute atomic E-state index is 13.4. The SMILES string of the molecule is CCCN(C/C(N)=N/O)C(=O)c1cccc(F)c1Br. The minimum Gasteiger partial charge on any atom is -0.409 e. The fraction of sp³-hybridized carbons (Fsp3) is 0.333. The zero-order valence-corrected chi connectivity index (χ0v) is 12.0. The van der Waals surface area contributed by atoms with Crippen molar-refractivity contribution in [3.8, 4) is 0 Å². The van der Waals surface area contributed by atoms with Crippen LogP contribution in [0.25, 0.3) is 0 Å². The van der Waals surface area contributed by atoms with E-state index in [1.54, 1.807) is 0 Å². The summed E-state index contributed by atoms with van der Waals surface area (Å²) in [5.41, 5.74) is 5.62. The molecule has 0 saturated carbocycles. The van der Waals surface area contributed by atoms with Gasteiger partial charge in [-0.2, -0.15) is 0 Å². The smallest absolute Gasteiger partial charge is 0.255 e. The first-order chi connectivity index (χ1) is 9.01. The van der Waals surface area contributed by atoms with E-state index in [1.807, 2.05) is 6.92 Å². The Morgan fingerprint density at radius 1 is 1.58 bits per heavy atom. The van der Waals surface area contributed by atoms with Gasteiger partial charge in [-0.1, -0.05) is 18.1 Å². The van der Waals surface area contributed by atoms with Crippen molar-refractivity contribution >= 4 is 27.7 Å². The molecule has 3 N–H and O–H groups in total. The van der Waals surface area contributed by atoms with Crippen molar-refractivity contribution in [3.63, 3.8) is 0 Å². The Balaban J connectivity index is 3.02. The summed E-state index contributed by atoms with van der Waals surface area (Å²) in [5, 5.41) is 11.4. The van der Waals surface area contributed by atoms with Gasteiger partial charge in [-0.25, -0.2) is 4.39 Å². The quantitative estimate of drug-likeness (QED) is 0.375. The summed E-state index contributed by atoms with van der Waals surface area (Å²) in [5.74, 6) is -0.958. The number of oxime groups is 1. The van der Waals surface area contributed by atoms with Gasteiger partial charge in [0.05, 0.1) is 16.6 Å². The lowest BCUT2D eigenvalue weighted by atomic mass is 10.2. The Morgan fingerprint density at radius 3 is 2.84 bits per heavy atom. The molecule has 1 rings (SSSR count). The maximum atomic E-state index is 13.4. The van der Waals surface area contributed by atoms with Crippen LogP contribution in [-0.4, -0.2) is 34.9 Å². The van der Waals surface area contributed by atoms with Gasteiger partial charge in [0.2, 0.25) is 0 Å². The fourth-order valence-electron chi connectivity index (χ4n) is 1.59. The molecule has 0 aromatic heterocycles. The van der Waals surface area contributed by atoms with Crippen LogP contribution in [0.5, 0.6) is 0 Å². The van der Waals surface area contributed by atoms with E-state index in [1.165, 1.54) is 23.1 Å². The predicted octanol–water partition coefficient (Wildman–Crippen LogP) is 2.19. The van der Waals surface area contributed by atoms with Gasteiger partial charge in [-0.3, -0.25) is 4.79 Å². The van der Waals surface area contributed by atoms with Crippen LogP contribution in [0.1, 0.15) is 23.7 Å². The summed E-state index contributed by atoms with van der Waals surface area (Å²) in [6, 6.07) is 4.24. The molecule has 0 aliphatic heterocycles. The Labute approximate surface area is 119 Å². The molecule has 19 heavy (non-hydrogen) atoms. The van der Waals surface area contributed by atoms with Crippen molar-refractivity contribution in [1.29, 1.82) is 0 Å². The second kappa shape index (κ2) is 7.08. The van der Waals surface area contributed by atoms with E-state index in [2.05, 4.69) is 21.1 Å². The Bertz CT molecular complexity index is 494. The van der Waals surface area contributed by atoms with E-state index < -0.39 is 5.82 Å². The van der Waals surface area contributed by atoms with Crippen molar-refractivity contribution in [2.24, 2.45) is 10.9 Å². The molecule has 0 bridgehead atoms. The van der Waals surface area contributed by atoms with E-state index in [-0.39, 0.29) is 28.3 Å². The number of nitrogens with two attached hydrogens (primary N) is 1. The van der Waals surface area contributed by atoms with Crippen molar-refractivity contribution in [3.05, 3.63) is 34.1 Å².